The van der Waals surface area contributed by atoms with E-state index >= 15 is 0 Å². The molecule has 0 radical (unpaired) electrons. The highest BCUT2D eigenvalue weighted by molar-refractivity contribution is 6.21. The number of allylic oxidation sites excluding steroid dienone is 1. The highest BCUT2D eigenvalue weighted by atomic mass is 16.1. The van der Waals surface area contributed by atoms with E-state index < -0.39 is 0 Å². The van der Waals surface area contributed by atoms with Gasteiger partial charge in [0, 0.05) is 29.7 Å². The van der Waals surface area contributed by atoms with E-state index in [1.807, 2.05) is 30.3 Å². The number of aliphatic imine (C=N–C) groups is 1. The van der Waals surface area contributed by atoms with Gasteiger partial charge in [-0.2, -0.15) is 0 Å². The maximum absolute atomic E-state index is 12.1. The third-order valence-corrected chi connectivity index (χ3v) is 3.49. The first-order chi connectivity index (χ1) is 10.8. The maximum atomic E-state index is 12.1. The minimum Gasteiger partial charge on any atom is -0.295 e. The predicted molar refractivity (Wildman–Crippen MR) is 84.9 cm³/mol. The van der Waals surface area contributed by atoms with Crippen LogP contribution in [0.5, 0.6) is 0 Å². The number of fused-ring (bicyclic) bond motifs is 1. The number of hydrogen-bond donors (Lipinski definition) is 2. The average molecular weight is 289 g/mol. The maximum Gasteiger partial charge on any atom is 0.271 e. The molecule has 1 aliphatic heterocycles. The van der Waals surface area contributed by atoms with Crippen LogP contribution in [0.3, 0.4) is 0 Å². The van der Waals surface area contributed by atoms with Crippen LogP contribution >= 0.6 is 0 Å². The molecule has 1 aliphatic rings. The first-order valence-electron chi connectivity index (χ1n) is 6.75. The van der Waals surface area contributed by atoms with Gasteiger partial charge < -0.3 is 0 Å². The first-order valence-corrected chi connectivity index (χ1v) is 6.75. The Morgan fingerprint density at radius 1 is 1.09 bits per heavy atom. The average Bonchev–Trinajstić information content (AvgIpc) is 3.14. The van der Waals surface area contributed by atoms with Crippen LogP contribution in [-0.4, -0.2) is 26.4 Å². The van der Waals surface area contributed by atoms with Crippen molar-refractivity contribution in [3.05, 3.63) is 64.3 Å². The van der Waals surface area contributed by atoms with E-state index in [-0.39, 0.29) is 5.56 Å². The van der Waals surface area contributed by atoms with Gasteiger partial charge in [-0.25, -0.2) is 0 Å². The summed E-state index contributed by atoms with van der Waals surface area (Å²) < 4.78 is 0. The number of nitrogens with one attached hydrogen (secondary N) is 2. The number of nitrogens with zero attached hydrogens (tertiary/aromatic N) is 3. The van der Waals surface area contributed by atoms with E-state index in [9.17, 15) is 4.79 Å². The normalized spacial score (nSPS) is 14.5. The highest BCUT2D eigenvalue weighted by Crippen LogP contribution is 2.32. The predicted octanol–water partition coefficient (Wildman–Crippen LogP) is 2.42. The Bertz CT molecular complexity index is 950. The summed E-state index contributed by atoms with van der Waals surface area (Å²) in [5.41, 5.74) is 4.34. The number of H-pyrrole nitrogens is 2. The Labute approximate surface area is 125 Å². The minimum absolute atomic E-state index is 0.203. The van der Waals surface area contributed by atoms with Crippen LogP contribution in [0.2, 0.25) is 0 Å². The lowest BCUT2D eigenvalue weighted by molar-refractivity contribution is 1.05. The molecule has 0 fully saturated rings. The fourth-order valence-electron chi connectivity index (χ4n) is 2.44. The lowest BCUT2D eigenvalue weighted by Crippen LogP contribution is -2.02. The number of rotatable bonds is 2. The van der Waals surface area contributed by atoms with Crippen molar-refractivity contribution in [2.24, 2.45) is 4.99 Å². The number of para-hydroxylation sites is 1. The van der Waals surface area contributed by atoms with E-state index in [1.165, 1.54) is 0 Å². The molecule has 2 aromatic heterocycles. The van der Waals surface area contributed by atoms with Crippen LogP contribution in [0.25, 0.3) is 23.0 Å². The summed E-state index contributed by atoms with van der Waals surface area (Å²) in [6.07, 6.45) is 8.36. The summed E-state index contributed by atoms with van der Waals surface area (Å²) in [5.74, 6) is 0. The first kappa shape index (κ1) is 12.5. The Morgan fingerprint density at radius 3 is 2.86 bits per heavy atom. The van der Waals surface area contributed by atoms with Gasteiger partial charge in [-0.15, -0.1) is 0 Å². The Kier molecular flexibility index (Phi) is 2.79. The molecule has 6 nitrogen and oxygen atoms in total. The molecule has 4 rings (SSSR count). The van der Waals surface area contributed by atoms with Gasteiger partial charge >= 0.3 is 0 Å². The van der Waals surface area contributed by atoms with Crippen molar-refractivity contribution in [2.75, 3.05) is 0 Å². The molecule has 3 heterocycles. The summed E-state index contributed by atoms with van der Waals surface area (Å²) in [4.78, 5) is 24.7. The van der Waals surface area contributed by atoms with Gasteiger partial charge in [-0.3, -0.25) is 30.0 Å². The van der Waals surface area contributed by atoms with Crippen molar-refractivity contribution in [3.8, 4) is 11.4 Å². The number of aromatic amines is 2. The van der Waals surface area contributed by atoms with Crippen LogP contribution in [0.1, 0.15) is 11.1 Å². The van der Waals surface area contributed by atoms with Gasteiger partial charge in [-0.05, 0) is 12.1 Å². The molecule has 0 saturated carbocycles. The molecule has 0 atom stereocenters. The summed E-state index contributed by atoms with van der Waals surface area (Å²) in [6, 6.07) is 7.81. The van der Waals surface area contributed by atoms with E-state index in [0.29, 0.717) is 17.0 Å². The summed E-state index contributed by atoms with van der Waals surface area (Å²) >= 11 is 0. The van der Waals surface area contributed by atoms with E-state index in [4.69, 9.17) is 0 Å². The second-order valence-electron chi connectivity index (χ2n) is 4.83. The molecular formula is C16H11N5O. The van der Waals surface area contributed by atoms with Gasteiger partial charge in [0.15, 0.2) is 0 Å². The largest absolute Gasteiger partial charge is 0.295 e. The Hall–Kier alpha value is -3.28. The number of aromatic nitrogens is 4. The van der Waals surface area contributed by atoms with Crippen molar-refractivity contribution in [1.82, 2.24) is 20.2 Å². The summed E-state index contributed by atoms with van der Waals surface area (Å²) in [7, 11) is 0. The van der Waals surface area contributed by atoms with Crippen molar-refractivity contribution in [1.29, 1.82) is 0 Å². The topological polar surface area (TPSA) is 86.8 Å². The zero-order valence-electron chi connectivity index (χ0n) is 11.4. The molecule has 2 N–H and O–H groups in total. The molecule has 106 valence electrons. The smallest absolute Gasteiger partial charge is 0.271 e. The highest BCUT2D eigenvalue weighted by Gasteiger charge is 2.15. The molecular weight excluding hydrogens is 278 g/mol. The van der Waals surface area contributed by atoms with Gasteiger partial charge in [0.25, 0.3) is 5.56 Å². The molecule has 1 aromatic carbocycles. The Balaban J connectivity index is 1.86. The molecule has 6 heteroatoms. The Morgan fingerprint density at radius 2 is 2.00 bits per heavy atom. The molecule has 0 amide bonds. The third-order valence-electron chi connectivity index (χ3n) is 3.49. The van der Waals surface area contributed by atoms with Crippen LogP contribution in [0.4, 0.5) is 5.69 Å². The van der Waals surface area contributed by atoms with Crippen LogP contribution < -0.4 is 5.56 Å². The second kappa shape index (κ2) is 4.92. The van der Waals surface area contributed by atoms with Crippen LogP contribution in [-0.2, 0) is 0 Å². The number of benzene rings is 1. The minimum atomic E-state index is -0.203. The number of hydrogen-bond acceptors (Lipinski definition) is 4. The van der Waals surface area contributed by atoms with E-state index in [1.54, 1.807) is 24.8 Å². The third kappa shape index (κ3) is 1.98. The second-order valence-corrected chi connectivity index (χ2v) is 4.83. The fraction of sp³-hybridized carbons (Fsp3) is 0. The van der Waals surface area contributed by atoms with Gasteiger partial charge in [-0.1, -0.05) is 18.2 Å². The van der Waals surface area contributed by atoms with Crippen molar-refractivity contribution < 1.29 is 0 Å². The molecule has 0 aliphatic carbocycles. The summed E-state index contributed by atoms with van der Waals surface area (Å²) in [5, 5.41) is 5.46. The molecule has 0 spiro atoms. The van der Waals surface area contributed by atoms with Crippen LogP contribution in [0, 0.1) is 0 Å². The molecule has 0 saturated heterocycles. The fourth-order valence-corrected chi connectivity index (χ4v) is 2.44. The van der Waals surface area contributed by atoms with Crippen molar-refractivity contribution in [3.63, 3.8) is 0 Å². The summed E-state index contributed by atoms with van der Waals surface area (Å²) in [6.45, 7) is 0. The zero-order chi connectivity index (χ0) is 14.9. The lowest BCUT2D eigenvalue weighted by Gasteiger charge is -2.00. The van der Waals surface area contributed by atoms with Crippen molar-refractivity contribution >= 4 is 23.6 Å². The van der Waals surface area contributed by atoms with E-state index in [0.717, 1.165) is 16.8 Å². The van der Waals surface area contributed by atoms with Gasteiger partial charge in [0.05, 0.1) is 23.1 Å². The van der Waals surface area contributed by atoms with Crippen LogP contribution in [0.15, 0.2) is 52.6 Å². The molecule has 22 heavy (non-hydrogen) atoms. The SMILES string of the molecule is O=c1[nH][nH]c(-c2cnccn2)c1/C=C1/C=Nc2ccccc21. The standard InChI is InChI=1S/C16H11N5O/c22-16-12(15(20-21-16)14-9-17-5-6-18-14)7-10-8-19-13-4-2-1-3-11(10)13/h1-9H,(H2,20,21,22)/b10-7-. The zero-order valence-corrected chi connectivity index (χ0v) is 11.4. The van der Waals surface area contributed by atoms with Gasteiger partial charge in [0.2, 0.25) is 0 Å². The lowest BCUT2D eigenvalue weighted by atomic mass is 10.0. The monoisotopic (exact) mass is 289 g/mol. The molecule has 3 aromatic rings. The quantitative estimate of drug-likeness (QED) is 0.759. The van der Waals surface area contributed by atoms with Crippen molar-refractivity contribution in [2.45, 2.75) is 0 Å². The molecule has 0 unspecified atom stereocenters. The van der Waals surface area contributed by atoms with E-state index in [2.05, 4.69) is 25.2 Å². The van der Waals surface area contributed by atoms with Gasteiger partial charge in [0.1, 0.15) is 5.69 Å². The molecule has 0 bridgehead atoms.